The number of benzene rings is 1. The van der Waals surface area contributed by atoms with Crippen LogP contribution in [0.5, 0.6) is 0 Å². The zero-order valence-corrected chi connectivity index (χ0v) is 13.6. The van der Waals surface area contributed by atoms with Gasteiger partial charge >= 0.3 is 0 Å². The molecule has 5 nitrogen and oxygen atoms in total. The van der Waals surface area contributed by atoms with Gasteiger partial charge in [-0.25, -0.2) is 0 Å². The van der Waals surface area contributed by atoms with Gasteiger partial charge in [0, 0.05) is 25.0 Å². The van der Waals surface area contributed by atoms with E-state index in [0.29, 0.717) is 13.0 Å². The first-order chi connectivity index (χ1) is 11.8. The first-order valence-corrected chi connectivity index (χ1v) is 8.03. The molecule has 1 unspecified atom stereocenters. The predicted molar refractivity (Wildman–Crippen MR) is 87.8 cm³/mol. The van der Waals surface area contributed by atoms with Crippen LogP contribution in [0.3, 0.4) is 0 Å². The number of ether oxygens (including phenoxy) is 4. The summed E-state index contributed by atoms with van der Waals surface area (Å²) in [6, 6.07) is 9.75. The van der Waals surface area contributed by atoms with E-state index in [2.05, 4.69) is 5.92 Å². The SMILES string of the molecule is C#CC[C@@H]1/C(=C\CO)[C@@H]2OC(c3ccccc3)OC[C@H]2O[C@@H]1OC. The number of rotatable bonds is 4. The van der Waals surface area contributed by atoms with Gasteiger partial charge < -0.3 is 24.1 Å². The van der Waals surface area contributed by atoms with E-state index in [9.17, 15) is 5.11 Å². The number of fused-ring (bicyclic) bond motifs is 1. The van der Waals surface area contributed by atoms with Crippen molar-refractivity contribution in [3.8, 4) is 12.3 Å². The van der Waals surface area contributed by atoms with Gasteiger partial charge in [-0.15, -0.1) is 12.3 Å². The molecule has 0 aliphatic carbocycles. The highest BCUT2D eigenvalue weighted by atomic mass is 16.7. The lowest BCUT2D eigenvalue weighted by Gasteiger charge is -2.46. The Hall–Kier alpha value is -1.68. The minimum Gasteiger partial charge on any atom is -0.392 e. The van der Waals surface area contributed by atoms with Crippen molar-refractivity contribution in [1.82, 2.24) is 0 Å². The molecule has 0 bridgehead atoms. The van der Waals surface area contributed by atoms with Gasteiger partial charge in [-0.3, -0.25) is 0 Å². The van der Waals surface area contributed by atoms with E-state index in [1.165, 1.54) is 0 Å². The third-order valence-electron chi connectivity index (χ3n) is 4.38. The summed E-state index contributed by atoms with van der Waals surface area (Å²) in [7, 11) is 1.59. The highest BCUT2D eigenvalue weighted by molar-refractivity contribution is 5.23. The maximum absolute atomic E-state index is 9.44. The normalized spacial score (nSPS) is 34.5. The fourth-order valence-electron chi connectivity index (χ4n) is 3.29. The van der Waals surface area contributed by atoms with Crippen molar-refractivity contribution in [2.45, 2.75) is 31.2 Å². The second-order valence-corrected chi connectivity index (χ2v) is 5.81. The molecule has 0 radical (unpaired) electrons. The van der Waals surface area contributed by atoms with E-state index in [4.69, 9.17) is 25.4 Å². The lowest BCUT2D eigenvalue weighted by atomic mass is 9.85. The second-order valence-electron chi connectivity index (χ2n) is 5.81. The van der Waals surface area contributed by atoms with Gasteiger partial charge in [0.2, 0.25) is 0 Å². The van der Waals surface area contributed by atoms with Gasteiger partial charge in [0.1, 0.15) is 12.2 Å². The summed E-state index contributed by atoms with van der Waals surface area (Å²) < 4.78 is 23.4. The van der Waals surface area contributed by atoms with Crippen molar-refractivity contribution in [2.24, 2.45) is 5.92 Å². The zero-order chi connectivity index (χ0) is 16.9. The molecule has 1 aromatic carbocycles. The Balaban J connectivity index is 1.86. The molecule has 5 heteroatoms. The maximum atomic E-state index is 9.44. The molecule has 1 N–H and O–H groups in total. The molecule has 2 heterocycles. The molecule has 24 heavy (non-hydrogen) atoms. The number of aliphatic hydroxyl groups is 1. The second kappa shape index (κ2) is 7.93. The fraction of sp³-hybridized carbons (Fsp3) is 0.474. The summed E-state index contributed by atoms with van der Waals surface area (Å²) >= 11 is 0. The van der Waals surface area contributed by atoms with E-state index < -0.39 is 12.6 Å². The standard InChI is InChI=1S/C19H22O5/c1-3-7-15-14(10-11-20)17-16(23-19(15)21-2)12-22-18(24-17)13-8-5-4-6-9-13/h1,4-6,8-10,15-20H,7,11-12H2,2H3/b14-10+/t15-,16-,17+,18?,19+/m1/s1. The van der Waals surface area contributed by atoms with Crippen LogP contribution in [0.2, 0.25) is 0 Å². The van der Waals surface area contributed by atoms with E-state index >= 15 is 0 Å². The number of hydrogen-bond acceptors (Lipinski definition) is 5. The van der Waals surface area contributed by atoms with Crippen molar-refractivity contribution < 1.29 is 24.1 Å². The molecule has 0 saturated carbocycles. The highest BCUT2D eigenvalue weighted by Crippen LogP contribution is 2.40. The smallest absolute Gasteiger partial charge is 0.184 e. The Kier molecular flexibility index (Phi) is 5.67. The van der Waals surface area contributed by atoms with Crippen LogP contribution in [-0.4, -0.2) is 43.9 Å². The lowest BCUT2D eigenvalue weighted by Crippen LogP contribution is -2.53. The van der Waals surface area contributed by atoms with E-state index in [1.807, 2.05) is 30.3 Å². The molecule has 2 aliphatic rings. The van der Waals surface area contributed by atoms with Crippen molar-refractivity contribution in [1.29, 1.82) is 0 Å². The zero-order valence-electron chi connectivity index (χ0n) is 13.6. The molecule has 2 saturated heterocycles. The van der Waals surface area contributed by atoms with Crippen LogP contribution in [0.15, 0.2) is 42.0 Å². The quantitative estimate of drug-likeness (QED) is 0.676. The first kappa shape index (κ1) is 17.2. The average Bonchev–Trinajstić information content (AvgIpc) is 2.64. The first-order valence-electron chi connectivity index (χ1n) is 8.03. The topological polar surface area (TPSA) is 57.2 Å². The molecule has 1 aromatic rings. The Morgan fingerprint density at radius 1 is 1.33 bits per heavy atom. The van der Waals surface area contributed by atoms with Crippen molar-refractivity contribution in [3.63, 3.8) is 0 Å². The van der Waals surface area contributed by atoms with Crippen LogP contribution in [0.1, 0.15) is 18.3 Å². The van der Waals surface area contributed by atoms with Gasteiger partial charge in [0.15, 0.2) is 12.6 Å². The molecule has 0 amide bonds. The number of terminal acetylenes is 1. The molecule has 2 fully saturated rings. The van der Waals surface area contributed by atoms with Gasteiger partial charge in [-0.2, -0.15) is 0 Å². The van der Waals surface area contributed by atoms with E-state index in [-0.39, 0.29) is 24.7 Å². The number of methoxy groups -OCH3 is 1. The Morgan fingerprint density at radius 3 is 2.79 bits per heavy atom. The van der Waals surface area contributed by atoms with E-state index in [0.717, 1.165) is 11.1 Å². The summed E-state index contributed by atoms with van der Waals surface area (Å²) in [4.78, 5) is 0. The Labute approximate surface area is 142 Å². The predicted octanol–water partition coefficient (Wildman–Crippen LogP) is 2.03. The highest BCUT2D eigenvalue weighted by Gasteiger charge is 2.46. The maximum Gasteiger partial charge on any atom is 0.184 e. The van der Waals surface area contributed by atoms with Gasteiger partial charge in [-0.05, 0) is 5.57 Å². The fourth-order valence-corrected chi connectivity index (χ4v) is 3.29. The molecule has 3 rings (SSSR count). The van der Waals surface area contributed by atoms with Crippen LogP contribution < -0.4 is 0 Å². The largest absolute Gasteiger partial charge is 0.392 e. The molecule has 0 spiro atoms. The number of hydrogen-bond donors (Lipinski definition) is 1. The van der Waals surface area contributed by atoms with Gasteiger partial charge in [-0.1, -0.05) is 36.4 Å². The summed E-state index contributed by atoms with van der Waals surface area (Å²) in [5, 5.41) is 9.44. The summed E-state index contributed by atoms with van der Waals surface area (Å²) in [6.07, 6.45) is 6.16. The number of aliphatic hydroxyl groups excluding tert-OH is 1. The van der Waals surface area contributed by atoms with Crippen LogP contribution in [0.25, 0.3) is 0 Å². The lowest BCUT2D eigenvalue weighted by molar-refractivity contribution is -0.308. The molecular weight excluding hydrogens is 308 g/mol. The molecular formula is C19H22O5. The van der Waals surface area contributed by atoms with Crippen LogP contribution in [0.4, 0.5) is 0 Å². The summed E-state index contributed by atoms with van der Waals surface area (Å²) in [6.45, 7) is 0.298. The van der Waals surface area contributed by atoms with Crippen LogP contribution >= 0.6 is 0 Å². The monoisotopic (exact) mass is 330 g/mol. The third-order valence-corrected chi connectivity index (χ3v) is 4.38. The Morgan fingerprint density at radius 2 is 2.12 bits per heavy atom. The average molecular weight is 330 g/mol. The molecule has 5 atom stereocenters. The molecule has 0 aromatic heterocycles. The Bertz CT molecular complexity index is 606. The third kappa shape index (κ3) is 3.39. The van der Waals surface area contributed by atoms with Crippen LogP contribution in [-0.2, 0) is 18.9 Å². The van der Waals surface area contributed by atoms with Crippen molar-refractivity contribution in [2.75, 3.05) is 20.3 Å². The minimum atomic E-state index is -0.472. The van der Waals surface area contributed by atoms with Crippen molar-refractivity contribution >= 4 is 0 Å². The van der Waals surface area contributed by atoms with E-state index in [1.54, 1.807) is 13.2 Å². The molecule has 128 valence electrons. The molecule has 2 aliphatic heterocycles. The van der Waals surface area contributed by atoms with Crippen LogP contribution in [0, 0.1) is 18.3 Å². The van der Waals surface area contributed by atoms with Gasteiger partial charge in [0.25, 0.3) is 0 Å². The minimum absolute atomic E-state index is 0.0870. The van der Waals surface area contributed by atoms with Crippen molar-refractivity contribution in [3.05, 3.63) is 47.5 Å². The summed E-state index contributed by atoms with van der Waals surface area (Å²) in [5.74, 6) is 2.51. The van der Waals surface area contributed by atoms with Gasteiger partial charge in [0.05, 0.1) is 13.2 Å². The summed E-state index contributed by atoms with van der Waals surface area (Å²) in [5.41, 5.74) is 1.87.